The molecule has 0 aliphatic rings. The van der Waals surface area contributed by atoms with Gasteiger partial charge in [-0.3, -0.25) is 4.79 Å². The molecule has 0 fully saturated rings. The second kappa shape index (κ2) is 5.79. The van der Waals surface area contributed by atoms with Crippen molar-refractivity contribution in [1.82, 2.24) is 4.98 Å². The maximum atomic E-state index is 12.7. The fourth-order valence-electron chi connectivity index (χ4n) is 1.62. The molecule has 21 heavy (non-hydrogen) atoms. The van der Waals surface area contributed by atoms with Gasteiger partial charge in [-0.1, -0.05) is 0 Å². The number of hydrogen-bond acceptors (Lipinski definition) is 4. The number of aryl methyl sites for hydroxylation is 1. The summed E-state index contributed by atoms with van der Waals surface area (Å²) in [4.78, 5) is 15.5. The number of rotatable bonds is 3. The molecule has 110 valence electrons. The van der Waals surface area contributed by atoms with Crippen molar-refractivity contribution in [2.45, 2.75) is 11.8 Å². The van der Waals surface area contributed by atoms with Gasteiger partial charge in [0.25, 0.3) is 15.0 Å². The number of pyridine rings is 1. The summed E-state index contributed by atoms with van der Waals surface area (Å²) in [5.74, 6) is -1.07. The minimum atomic E-state index is -3.82. The Morgan fingerprint density at radius 2 is 2.00 bits per heavy atom. The van der Waals surface area contributed by atoms with Gasteiger partial charge in [-0.15, -0.1) is 0 Å². The van der Waals surface area contributed by atoms with Gasteiger partial charge in [0, 0.05) is 16.4 Å². The van der Waals surface area contributed by atoms with Crippen molar-refractivity contribution < 1.29 is 17.6 Å². The van der Waals surface area contributed by atoms with Gasteiger partial charge >= 0.3 is 0 Å². The molecule has 0 bridgehead atoms. The maximum Gasteiger partial charge on any atom is 0.274 e. The Bertz CT molecular complexity index is 792. The second-order valence-electron chi connectivity index (χ2n) is 4.23. The van der Waals surface area contributed by atoms with Gasteiger partial charge in [0.2, 0.25) is 0 Å². The van der Waals surface area contributed by atoms with Crippen LogP contribution in [0.2, 0.25) is 0 Å². The first-order valence-corrected chi connectivity index (χ1v) is 8.06. The van der Waals surface area contributed by atoms with Crippen molar-refractivity contribution in [2.24, 2.45) is 0 Å². The standard InChI is InChI=1S/C13H10ClFN2O3S/c1-8-6-10(21(14,19)20)3-5-11(8)17-13(18)12-4-2-9(15)7-16-12/h2-7H,1H3,(H,17,18). The molecule has 2 rings (SSSR count). The molecule has 0 unspecified atom stereocenters. The number of halogens is 2. The van der Waals surface area contributed by atoms with E-state index in [0.717, 1.165) is 12.3 Å². The molecule has 1 aromatic heterocycles. The van der Waals surface area contributed by atoms with Gasteiger partial charge in [0.15, 0.2) is 0 Å². The Balaban J connectivity index is 2.24. The van der Waals surface area contributed by atoms with Crippen LogP contribution in [0.4, 0.5) is 10.1 Å². The third-order valence-electron chi connectivity index (χ3n) is 2.69. The molecule has 1 heterocycles. The zero-order chi connectivity index (χ0) is 15.6. The highest BCUT2D eigenvalue weighted by Gasteiger charge is 2.13. The number of nitrogens with zero attached hydrogens (tertiary/aromatic N) is 1. The molecule has 0 aliphatic heterocycles. The van der Waals surface area contributed by atoms with Crippen LogP contribution in [0.1, 0.15) is 16.1 Å². The Morgan fingerprint density at radius 1 is 1.29 bits per heavy atom. The largest absolute Gasteiger partial charge is 0.320 e. The minimum Gasteiger partial charge on any atom is -0.320 e. The van der Waals surface area contributed by atoms with Crippen LogP contribution in [0.3, 0.4) is 0 Å². The van der Waals surface area contributed by atoms with Crippen molar-refractivity contribution in [3.8, 4) is 0 Å². The van der Waals surface area contributed by atoms with Crippen LogP contribution in [-0.2, 0) is 9.05 Å². The lowest BCUT2D eigenvalue weighted by molar-refractivity contribution is 0.102. The van der Waals surface area contributed by atoms with Crippen LogP contribution in [0.15, 0.2) is 41.4 Å². The van der Waals surface area contributed by atoms with Crippen molar-refractivity contribution in [3.05, 3.63) is 53.6 Å². The first-order chi connectivity index (χ1) is 9.77. The lowest BCUT2D eigenvalue weighted by Gasteiger charge is -2.09. The van der Waals surface area contributed by atoms with E-state index in [-0.39, 0.29) is 10.6 Å². The van der Waals surface area contributed by atoms with Crippen LogP contribution in [0, 0.1) is 12.7 Å². The number of amides is 1. The van der Waals surface area contributed by atoms with Gasteiger partial charge in [-0.25, -0.2) is 17.8 Å². The molecule has 0 atom stereocenters. The van der Waals surface area contributed by atoms with E-state index >= 15 is 0 Å². The molecule has 1 amide bonds. The molecular weight excluding hydrogens is 319 g/mol. The number of nitrogens with one attached hydrogen (secondary N) is 1. The number of benzene rings is 1. The van der Waals surface area contributed by atoms with E-state index in [1.54, 1.807) is 6.92 Å². The van der Waals surface area contributed by atoms with Gasteiger partial charge < -0.3 is 5.32 Å². The molecule has 0 radical (unpaired) electrons. The number of carbonyl (C=O) groups is 1. The summed E-state index contributed by atoms with van der Waals surface area (Å²) < 4.78 is 35.1. The van der Waals surface area contributed by atoms with E-state index in [1.807, 2.05) is 0 Å². The van der Waals surface area contributed by atoms with E-state index in [1.165, 1.54) is 24.3 Å². The van der Waals surface area contributed by atoms with Crippen molar-refractivity contribution in [3.63, 3.8) is 0 Å². The van der Waals surface area contributed by atoms with E-state index in [0.29, 0.717) is 11.3 Å². The molecule has 0 saturated heterocycles. The third kappa shape index (κ3) is 3.77. The molecule has 8 heteroatoms. The number of aromatic nitrogens is 1. The Morgan fingerprint density at radius 3 is 2.52 bits per heavy atom. The summed E-state index contributed by atoms with van der Waals surface area (Å²) >= 11 is 0. The second-order valence-corrected chi connectivity index (χ2v) is 6.80. The monoisotopic (exact) mass is 328 g/mol. The van der Waals surface area contributed by atoms with E-state index in [2.05, 4.69) is 10.3 Å². The normalized spacial score (nSPS) is 11.2. The molecular formula is C13H10ClFN2O3S. The average molecular weight is 329 g/mol. The van der Waals surface area contributed by atoms with Crippen LogP contribution in [-0.4, -0.2) is 19.3 Å². The number of hydrogen-bond donors (Lipinski definition) is 1. The lowest BCUT2D eigenvalue weighted by Crippen LogP contribution is -2.14. The highest BCUT2D eigenvalue weighted by atomic mass is 35.7. The maximum absolute atomic E-state index is 12.7. The minimum absolute atomic E-state index is 0.0461. The average Bonchev–Trinajstić information content (AvgIpc) is 2.40. The summed E-state index contributed by atoms with van der Waals surface area (Å²) in [7, 11) is 1.42. The van der Waals surface area contributed by atoms with Gasteiger partial charge in [0.1, 0.15) is 11.5 Å². The molecule has 5 nitrogen and oxygen atoms in total. The fourth-order valence-corrected chi connectivity index (χ4v) is 2.46. The third-order valence-corrected chi connectivity index (χ3v) is 4.04. The van der Waals surface area contributed by atoms with Crippen LogP contribution >= 0.6 is 10.7 Å². The first kappa shape index (κ1) is 15.4. The van der Waals surface area contributed by atoms with Crippen molar-refractivity contribution in [1.29, 1.82) is 0 Å². The topological polar surface area (TPSA) is 76.1 Å². The van der Waals surface area contributed by atoms with E-state index in [4.69, 9.17) is 10.7 Å². The van der Waals surface area contributed by atoms with Gasteiger partial charge in [-0.05, 0) is 42.8 Å². The summed E-state index contributed by atoms with van der Waals surface area (Å²) in [6.45, 7) is 1.62. The number of anilines is 1. The molecule has 0 spiro atoms. The highest BCUT2D eigenvalue weighted by Crippen LogP contribution is 2.22. The van der Waals surface area contributed by atoms with Gasteiger partial charge in [0.05, 0.1) is 11.1 Å². The first-order valence-electron chi connectivity index (χ1n) is 5.75. The van der Waals surface area contributed by atoms with Crippen molar-refractivity contribution in [2.75, 3.05) is 5.32 Å². The molecule has 0 saturated carbocycles. The van der Waals surface area contributed by atoms with Crippen LogP contribution < -0.4 is 5.32 Å². The summed E-state index contributed by atoms with van der Waals surface area (Å²) in [5.41, 5.74) is 0.979. The van der Waals surface area contributed by atoms with E-state index in [9.17, 15) is 17.6 Å². The summed E-state index contributed by atoms with van der Waals surface area (Å²) in [6.07, 6.45) is 0.935. The Hall–Kier alpha value is -1.99. The summed E-state index contributed by atoms with van der Waals surface area (Å²) in [6, 6.07) is 6.42. The SMILES string of the molecule is Cc1cc(S(=O)(=O)Cl)ccc1NC(=O)c1ccc(F)cn1. The van der Waals surface area contributed by atoms with Crippen LogP contribution in [0.5, 0.6) is 0 Å². The predicted molar refractivity (Wildman–Crippen MR) is 76.4 cm³/mol. The van der Waals surface area contributed by atoms with Crippen molar-refractivity contribution >= 4 is 31.3 Å². The van der Waals surface area contributed by atoms with E-state index < -0.39 is 20.8 Å². The van der Waals surface area contributed by atoms with Crippen LogP contribution in [0.25, 0.3) is 0 Å². The summed E-state index contributed by atoms with van der Waals surface area (Å²) in [5, 5.41) is 2.56. The highest BCUT2D eigenvalue weighted by molar-refractivity contribution is 8.13. The predicted octanol–water partition coefficient (Wildman–Crippen LogP) is 2.71. The lowest BCUT2D eigenvalue weighted by atomic mass is 10.2. The molecule has 1 aromatic carbocycles. The quantitative estimate of drug-likeness (QED) is 0.879. The smallest absolute Gasteiger partial charge is 0.274 e. The molecule has 0 aliphatic carbocycles. The zero-order valence-electron chi connectivity index (χ0n) is 10.8. The molecule has 2 aromatic rings. The number of carbonyl (C=O) groups excluding carboxylic acids is 1. The van der Waals surface area contributed by atoms with Gasteiger partial charge in [-0.2, -0.15) is 0 Å². The molecule has 1 N–H and O–H groups in total. The Kier molecular flexibility index (Phi) is 4.24. The fraction of sp³-hybridized carbons (Fsp3) is 0.0769. The Labute approximate surface area is 125 Å². The zero-order valence-corrected chi connectivity index (χ0v) is 12.4.